The summed E-state index contributed by atoms with van der Waals surface area (Å²) in [6.07, 6.45) is -0.840. The molecule has 8 nitrogen and oxygen atoms in total. The molecule has 1 saturated heterocycles. The Morgan fingerprint density at radius 2 is 1.89 bits per heavy atom. The van der Waals surface area contributed by atoms with Crippen LogP contribution in [0.1, 0.15) is 58.2 Å². The molecule has 1 aromatic heterocycles. The van der Waals surface area contributed by atoms with Gasteiger partial charge < -0.3 is 20.3 Å². The minimum atomic E-state index is -5.08. The second kappa shape index (κ2) is 7.73. The highest BCUT2D eigenvalue weighted by Crippen LogP contribution is 2.35. The van der Waals surface area contributed by atoms with Gasteiger partial charge in [-0.1, -0.05) is 32.3 Å². The number of carboxylic acid groups (broad SMARTS) is 1. The molecule has 1 aromatic rings. The Morgan fingerprint density at radius 3 is 2.30 bits per heavy atom. The molecule has 0 unspecified atom stereocenters. The molecule has 0 aromatic carbocycles. The van der Waals surface area contributed by atoms with Crippen LogP contribution in [0.15, 0.2) is 4.52 Å². The first-order valence-electron chi connectivity index (χ1n) is 8.58. The summed E-state index contributed by atoms with van der Waals surface area (Å²) in [6.45, 7) is 6.38. The van der Waals surface area contributed by atoms with Crippen LogP contribution >= 0.6 is 0 Å². The van der Waals surface area contributed by atoms with E-state index in [1.54, 1.807) is 0 Å². The Labute approximate surface area is 153 Å². The van der Waals surface area contributed by atoms with Gasteiger partial charge in [0.1, 0.15) is 6.04 Å². The predicted molar refractivity (Wildman–Crippen MR) is 88.0 cm³/mol. The van der Waals surface area contributed by atoms with Gasteiger partial charge in [0.2, 0.25) is 5.91 Å². The van der Waals surface area contributed by atoms with Crippen LogP contribution in [0.4, 0.5) is 19.2 Å². The first-order valence-corrected chi connectivity index (χ1v) is 8.58. The lowest BCUT2D eigenvalue weighted by Gasteiger charge is -2.26. The van der Waals surface area contributed by atoms with Gasteiger partial charge in [-0.15, -0.1) is 0 Å². The molecule has 2 fully saturated rings. The van der Waals surface area contributed by atoms with Gasteiger partial charge in [-0.2, -0.15) is 18.2 Å². The van der Waals surface area contributed by atoms with Gasteiger partial charge in [-0.05, 0) is 24.7 Å². The van der Waals surface area contributed by atoms with Crippen molar-refractivity contribution in [1.29, 1.82) is 0 Å². The van der Waals surface area contributed by atoms with Crippen molar-refractivity contribution in [2.75, 3.05) is 5.32 Å². The summed E-state index contributed by atoms with van der Waals surface area (Å²) >= 11 is 0. The average molecular weight is 392 g/mol. The number of alkyl halides is 3. The maximum absolute atomic E-state index is 12.0. The molecule has 3 rings (SSSR count). The highest BCUT2D eigenvalue weighted by molar-refractivity contribution is 5.86. The molecule has 2 heterocycles. The zero-order chi connectivity index (χ0) is 20.4. The number of aromatic nitrogens is 2. The predicted octanol–water partition coefficient (Wildman–Crippen LogP) is 2.69. The molecule has 27 heavy (non-hydrogen) atoms. The highest BCUT2D eigenvalue weighted by atomic mass is 19.4. The van der Waals surface area contributed by atoms with E-state index in [4.69, 9.17) is 14.4 Å². The average Bonchev–Trinajstić information content (AvgIpc) is 3.04. The third-order valence-electron chi connectivity index (χ3n) is 4.60. The van der Waals surface area contributed by atoms with E-state index < -0.39 is 12.1 Å². The maximum Gasteiger partial charge on any atom is 0.490 e. The Bertz CT molecular complexity index is 680. The molecule has 0 radical (unpaired) electrons. The minimum Gasteiger partial charge on any atom is -0.475 e. The van der Waals surface area contributed by atoms with Crippen LogP contribution in [-0.2, 0) is 9.59 Å². The Hall–Kier alpha value is -2.33. The van der Waals surface area contributed by atoms with Crippen molar-refractivity contribution in [3.05, 3.63) is 5.82 Å². The fourth-order valence-corrected chi connectivity index (χ4v) is 2.64. The SMILES string of the molecule is CC(C)(C)[C@@H]1C[C@H](Nc2nc(C3CCC3)no2)C(=O)N1.O=C(O)C(F)(F)F. The molecule has 1 amide bonds. The molecule has 1 aliphatic carbocycles. The molecule has 0 spiro atoms. The van der Waals surface area contributed by atoms with E-state index in [0.717, 1.165) is 25.1 Å². The summed E-state index contributed by atoms with van der Waals surface area (Å²) in [5, 5.41) is 17.2. The number of hydrogen-bond acceptors (Lipinski definition) is 6. The number of carbonyl (C=O) groups excluding carboxylic acids is 1. The summed E-state index contributed by atoms with van der Waals surface area (Å²) in [6, 6.07) is 0.247. The summed E-state index contributed by atoms with van der Waals surface area (Å²) in [7, 11) is 0. The van der Waals surface area contributed by atoms with Crippen LogP contribution in [0.3, 0.4) is 0 Å². The zero-order valence-corrected chi connectivity index (χ0v) is 15.3. The molecular formula is C16H23F3N4O4. The lowest BCUT2D eigenvalue weighted by molar-refractivity contribution is -0.192. The van der Waals surface area contributed by atoms with Crippen LogP contribution in [0.25, 0.3) is 0 Å². The van der Waals surface area contributed by atoms with Crippen molar-refractivity contribution in [3.63, 3.8) is 0 Å². The van der Waals surface area contributed by atoms with Crippen molar-refractivity contribution in [1.82, 2.24) is 15.5 Å². The van der Waals surface area contributed by atoms with Gasteiger partial charge in [-0.25, -0.2) is 4.79 Å². The van der Waals surface area contributed by atoms with Gasteiger partial charge in [0.05, 0.1) is 0 Å². The van der Waals surface area contributed by atoms with Crippen molar-refractivity contribution in [2.24, 2.45) is 5.41 Å². The summed E-state index contributed by atoms with van der Waals surface area (Å²) in [5.41, 5.74) is 0.0536. The largest absolute Gasteiger partial charge is 0.490 e. The standard InChI is InChI=1S/C14H22N4O2.C2HF3O2/c1-14(2,3)10-7-9(12(19)16-10)15-13-17-11(18-20-13)8-5-4-6-8;3-2(4,5)1(6)7/h8-10H,4-7H2,1-3H3,(H,16,19)(H,15,17,18);(H,6,7)/t9-,10-;/m0./s1. The smallest absolute Gasteiger partial charge is 0.475 e. The van der Waals surface area contributed by atoms with E-state index in [9.17, 15) is 18.0 Å². The number of aliphatic carboxylic acids is 1. The fourth-order valence-electron chi connectivity index (χ4n) is 2.64. The van der Waals surface area contributed by atoms with Crippen molar-refractivity contribution in [3.8, 4) is 0 Å². The van der Waals surface area contributed by atoms with Crippen LogP contribution in [0.2, 0.25) is 0 Å². The molecule has 1 saturated carbocycles. The molecule has 0 bridgehead atoms. The molecular weight excluding hydrogens is 369 g/mol. The molecule has 1 aliphatic heterocycles. The number of nitrogens with one attached hydrogen (secondary N) is 2. The number of halogens is 3. The van der Waals surface area contributed by atoms with Gasteiger partial charge >= 0.3 is 18.2 Å². The summed E-state index contributed by atoms with van der Waals surface area (Å²) in [5.74, 6) is -1.54. The van der Waals surface area contributed by atoms with Crippen LogP contribution in [0.5, 0.6) is 0 Å². The Balaban J connectivity index is 0.000000321. The zero-order valence-electron chi connectivity index (χ0n) is 15.3. The van der Waals surface area contributed by atoms with E-state index in [1.165, 1.54) is 6.42 Å². The van der Waals surface area contributed by atoms with Crippen LogP contribution in [-0.4, -0.2) is 45.4 Å². The van der Waals surface area contributed by atoms with Gasteiger partial charge in [0, 0.05) is 12.0 Å². The van der Waals surface area contributed by atoms with Crippen molar-refractivity contribution < 1.29 is 32.4 Å². The quantitative estimate of drug-likeness (QED) is 0.724. The van der Waals surface area contributed by atoms with Crippen molar-refractivity contribution in [2.45, 2.75) is 70.6 Å². The van der Waals surface area contributed by atoms with Gasteiger partial charge in [0.25, 0.3) is 0 Å². The summed E-state index contributed by atoms with van der Waals surface area (Å²) < 4.78 is 36.9. The lowest BCUT2D eigenvalue weighted by atomic mass is 9.85. The number of carbonyl (C=O) groups is 2. The number of nitrogens with zero attached hydrogens (tertiary/aromatic N) is 2. The Morgan fingerprint density at radius 1 is 1.30 bits per heavy atom. The molecule has 11 heteroatoms. The number of carboxylic acids is 1. The second-order valence-corrected chi connectivity index (χ2v) is 7.75. The number of rotatable bonds is 3. The highest BCUT2D eigenvalue weighted by Gasteiger charge is 2.39. The fraction of sp³-hybridized carbons (Fsp3) is 0.750. The summed E-state index contributed by atoms with van der Waals surface area (Å²) in [4.78, 5) is 25.2. The molecule has 3 N–H and O–H groups in total. The van der Waals surface area contributed by atoms with Gasteiger partial charge in [0.15, 0.2) is 5.82 Å². The first kappa shape index (κ1) is 21.0. The van der Waals surface area contributed by atoms with Gasteiger partial charge in [-0.3, -0.25) is 4.79 Å². The second-order valence-electron chi connectivity index (χ2n) is 7.75. The van der Waals surface area contributed by atoms with E-state index in [-0.39, 0.29) is 23.4 Å². The third kappa shape index (κ3) is 5.57. The minimum absolute atomic E-state index is 0.00770. The maximum atomic E-state index is 12.0. The van der Waals surface area contributed by atoms with E-state index in [2.05, 4.69) is 41.5 Å². The number of amides is 1. The third-order valence-corrected chi connectivity index (χ3v) is 4.60. The normalized spacial score (nSPS) is 23.1. The molecule has 152 valence electrons. The van der Waals surface area contributed by atoms with Crippen LogP contribution < -0.4 is 10.6 Å². The molecule has 2 atom stereocenters. The molecule has 2 aliphatic rings. The topological polar surface area (TPSA) is 117 Å². The first-order chi connectivity index (χ1) is 12.4. The van der Waals surface area contributed by atoms with E-state index >= 15 is 0 Å². The van der Waals surface area contributed by atoms with Crippen molar-refractivity contribution >= 4 is 17.9 Å². The number of hydrogen-bond donors (Lipinski definition) is 3. The van der Waals surface area contributed by atoms with E-state index in [1.807, 2.05) is 0 Å². The number of anilines is 1. The Kier molecular flexibility index (Phi) is 6.01. The lowest BCUT2D eigenvalue weighted by Crippen LogP contribution is -2.37. The van der Waals surface area contributed by atoms with Crippen LogP contribution in [0, 0.1) is 5.41 Å². The monoisotopic (exact) mass is 392 g/mol. The van der Waals surface area contributed by atoms with E-state index in [0.29, 0.717) is 11.9 Å².